The van der Waals surface area contributed by atoms with E-state index in [0.717, 1.165) is 12.8 Å². The number of carbonyl (C=O) groups excluding carboxylic acids is 2. The third-order valence-electron chi connectivity index (χ3n) is 4.47. The van der Waals surface area contributed by atoms with Crippen molar-refractivity contribution in [3.63, 3.8) is 0 Å². The first kappa shape index (κ1) is 21.5. The van der Waals surface area contributed by atoms with Gasteiger partial charge < -0.3 is 9.47 Å². The molecule has 2 unspecified atom stereocenters. The van der Waals surface area contributed by atoms with E-state index in [9.17, 15) is 9.59 Å². The van der Waals surface area contributed by atoms with Crippen LogP contribution in [0.15, 0.2) is 48.8 Å². The molecule has 28 heavy (non-hydrogen) atoms. The van der Waals surface area contributed by atoms with Gasteiger partial charge in [0.25, 0.3) is 0 Å². The fraction of sp³-hybridized carbons (Fsp3) is 0.455. The van der Waals surface area contributed by atoms with Crippen LogP contribution in [0.4, 0.5) is 0 Å². The highest BCUT2D eigenvalue weighted by atomic mass is 16.5. The Labute approximate surface area is 166 Å². The summed E-state index contributed by atoms with van der Waals surface area (Å²) in [4.78, 5) is 33.8. The van der Waals surface area contributed by atoms with Gasteiger partial charge in [0.2, 0.25) is 0 Å². The van der Waals surface area contributed by atoms with Gasteiger partial charge in [-0.1, -0.05) is 38.8 Å². The topological polar surface area (TPSA) is 78.4 Å². The summed E-state index contributed by atoms with van der Waals surface area (Å²) < 4.78 is 10.9. The van der Waals surface area contributed by atoms with Crippen molar-refractivity contribution in [3.05, 3.63) is 60.2 Å². The second kappa shape index (κ2) is 11.8. The van der Waals surface area contributed by atoms with Crippen LogP contribution in [0.1, 0.15) is 50.9 Å². The lowest BCUT2D eigenvalue weighted by atomic mass is 9.85. The van der Waals surface area contributed by atoms with Crippen molar-refractivity contribution < 1.29 is 19.1 Å². The van der Waals surface area contributed by atoms with E-state index in [1.54, 1.807) is 36.7 Å². The Morgan fingerprint density at radius 3 is 1.54 bits per heavy atom. The first-order valence-electron chi connectivity index (χ1n) is 9.78. The summed E-state index contributed by atoms with van der Waals surface area (Å²) >= 11 is 0. The molecular formula is C22H28N2O4. The molecule has 0 aliphatic carbocycles. The van der Waals surface area contributed by atoms with E-state index >= 15 is 0 Å². The fourth-order valence-electron chi connectivity index (χ4n) is 3.06. The van der Waals surface area contributed by atoms with Crippen molar-refractivity contribution in [3.8, 4) is 0 Å². The maximum absolute atomic E-state index is 12.7. The van der Waals surface area contributed by atoms with Gasteiger partial charge in [-0.2, -0.15) is 0 Å². The summed E-state index contributed by atoms with van der Waals surface area (Å²) in [6.45, 7) is 4.17. The summed E-state index contributed by atoms with van der Waals surface area (Å²) in [6.07, 6.45) is 6.01. The molecule has 6 heteroatoms. The highest BCUT2D eigenvalue weighted by Gasteiger charge is 2.35. The van der Waals surface area contributed by atoms with Crippen LogP contribution in [0.25, 0.3) is 0 Å². The molecule has 0 saturated carbocycles. The van der Waals surface area contributed by atoms with E-state index in [2.05, 4.69) is 9.97 Å². The zero-order valence-electron chi connectivity index (χ0n) is 16.5. The van der Waals surface area contributed by atoms with Crippen molar-refractivity contribution in [1.29, 1.82) is 0 Å². The Hall–Kier alpha value is -2.76. The Bertz CT molecular complexity index is 658. The molecule has 2 rings (SSSR count). The standard InChI is InChI=1S/C22H28N2O4/c1-3-9-19(21(25)27-15-17-11-5-7-13-23-17)20(10-4-2)22(26)28-16-18-12-6-8-14-24-18/h5-8,11-14,19-20H,3-4,9-10,15-16H2,1-2H3. The van der Waals surface area contributed by atoms with Crippen LogP contribution in [-0.2, 0) is 32.3 Å². The molecule has 2 aromatic rings. The summed E-state index contributed by atoms with van der Waals surface area (Å²) in [5.41, 5.74) is 1.35. The number of nitrogens with zero attached hydrogens (tertiary/aromatic N) is 2. The third-order valence-corrected chi connectivity index (χ3v) is 4.47. The molecule has 0 bridgehead atoms. The maximum Gasteiger partial charge on any atom is 0.310 e. The van der Waals surface area contributed by atoms with Crippen LogP contribution in [0.2, 0.25) is 0 Å². The molecule has 0 aliphatic rings. The van der Waals surface area contributed by atoms with E-state index in [1.807, 2.05) is 26.0 Å². The molecule has 0 aromatic carbocycles. The normalized spacial score (nSPS) is 12.8. The minimum Gasteiger partial charge on any atom is -0.459 e. The first-order chi connectivity index (χ1) is 13.7. The van der Waals surface area contributed by atoms with Crippen molar-refractivity contribution in [2.75, 3.05) is 0 Å². The monoisotopic (exact) mass is 384 g/mol. The Morgan fingerprint density at radius 2 is 1.21 bits per heavy atom. The van der Waals surface area contributed by atoms with Gasteiger partial charge in [0, 0.05) is 12.4 Å². The Kier molecular flexibility index (Phi) is 9.11. The lowest BCUT2D eigenvalue weighted by Crippen LogP contribution is -2.32. The van der Waals surface area contributed by atoms with Gasteiger partial charge in [-0.05, 0) is 37.1 Å². The van der Waals surface area contributed by atoms with Gasteiger partial charge in [0.15, 0.2) is 0 Å². The minimum absolute atomic E-state index is 0.0989. The van der Waals surface area contributed by atoms with Crippen LogP contribution in [-0.4, -0.2) is 21.9 Å². The lowest BCUT2D eigenvalue weighted by Gasteiger charge is -2.23. The number of hydrogen-bond donors (Lipinski definition) is 0. The van der Waals surface area contributed by atoms with Gasteiger partial charge in [0.1, 0.15) is 13.2 Å². The van der Waals surface area contributed by atoms with E-state index < -0.39 is 11.8 Å². The average Bonchev–Trinajstić information content (AvgIpc) is 2.74. The maximum atomic E-state index is 12.7. The molecule has 0 saturated heterocycles. The zero-order chi connectivity index (χ0) is 20.2. The van der Waals surface area contributed by atoms with Gasteiger partial charge in [-0.15, -0.1) is 0 Å². The van der Waals surface area contributed by atoms with Crippen molar-refractivity contribution >= 4 is 11.9 Å². The molecule has 0 aliphatic heterocycles. The average molecular weight is 384 g/mol. The van der Waals surface area contributed by atoms with E-state index in [-0.39, 0.29) is 25.2 Å². The molecule has 0 radical (unpaired) electrons. The van der Waals surface area contributed by atoms with E-state index in [4.69, 9.17) is 9.47 Å². The second-order valence-electron chi connectivity index (χ2n) is 6.65. The Balaban J connectivity index is 2.02. The van der Waals surface area contributed by atoms with Crippen molar-refractivity contribution in [1.82, 2.24) is 9.97 Å². The molecular weight excluding hydrogens is 356 g/mol. The molecule has 0 N–H and O–H groups in total. The second-order valence-corrected chi connectivity index (χ2v) is 6.65. The van der Waals surface area contributed by atoms with E-state index in [0.29, 0.717) is 24.2 Å². The van der Waals surface area contributed by atoms with E-state index in [1.165, 1.54) is 0 Å². The SMILES string of the molecule is CCCC(C(=O)OCc1ccccn1)C(CCC)C(=O)OCc1ccccn1. The molecule has 2 aromatic heterocycles. The molecule has 2 atom stereocenters. The predicted octanol–water partition coefficient (Wildman–Crippen LogP) is 4.10. The number of carbonyl (C=O) groups is 2. The summed E-state index contributed by atoms with van der Waals surface area (Å²) in [5.74, 6) is -1.80. The lowest BCUT2D eigenvalue weighted by molar-refractivity contribution is -0.163. The van der Waals surface area contributed by atoms with Crippen LogP contribution < -0.4 is 0 Å². The zero-order valence-corrected chi connectivity index (χ0v) is 16.5. The number of pyridine rings is 2. The molecule has 0 spiro atoms. The number of aromatic nitrogens is 2. The molecule has 6 nitrogen and oxygen atoms in total. The molecule has 2 heterocycles. The van der Waals surface area contributed by atoms with Gasteiger partial charge in [-0.3, -0.25) is 19.6 Å². The summed E-state index contributed by atoms with van der Waals surface area (Å²) in [5, 5.41) is 0. The summed E-state index contributed by atoms with van der Waals surface area (Å²) in [7, 11) is 0. The van der Waals surface area contributed by atoms with Gasteiger partial charge in [-0.25, -0.2) is 0 Å². The fourth-order valence-corrected chi connectivity index (χ4v) is 3.06. The van der Waals surface area contributed by atoms with Crippen LogP contribution in [0.3, 0.4) is 0 Å². The number of rotatable bonds is 11. The highest BCUT2D eigenvalue weighted by molar-refractivity contribution is 5.82. The van der Waals surface area contributed by atoms with Crippen molar-refractivity contribution in [2.45, 2.75) is 52.7 Å². The smallest absolute Gasteiger partial charge is 0.310 e. The van der Waals surface area contributed by atoms with Gasteiger partial charge >= 0.3 is 11.9 Å². The van der Waals surface area contributed by atoms with Gasteiger partial charge in [0.05, 0.1) is 23.2 Å². The quantitative estimate of drug-likeness (QED) is 0.543. The molecule has 0 fully saturated rings. The minimum atomic E-state index is -0.523. The number of esters is 2. The van der Waals surface area contributed by atoms with Crippen LogP contribution >= 0.6 is 0 Å². The number of ether oxygens (including phenoxy) is 2. The van der Waals surface area contributed by atoms with Crippen molar-refractivity contribution in [2.24, 2.45) is 11.8 Å². The number of hydrogen-bond acceptors (Lipinski definition) is 6. The van der Waals surface area contributed by atoms with Crippen LogP contribution in [0, 0.1) is 11.8 Å². The molecule has 0 amide bonds. The molecule has 150 valence electrons. The Morgan fingerprint density at radius 1 is 0.786 bits per heavy atom. The predicted molar refractivity (Wildman–Crippen MR) is 105 cm³/mol. The first-order valence-corrected chi connectivity index (χ1v) is 9.78. The summed E-state index contributed by atoms with van der Waals surface area (Å²) in [6, 6.07) is 10.9. The highest BCUT2D eigenvalue weighted by Crippen LogP contribution is 2.26. The third kappa shape index (κ3) is 6.76. The van der Waals surface area contributed by atoms with Crippen LogP contribution in [0.5, 0.6) is 0 Å². The largest absolute Gasteiger partial charge is 0.459 e.